The second-order valence-electron chi connectivity index (χ2n) is 9.34. The van der Waals surface area contributed by atoms with Gasteiger partial charge in [-0.25, -0.2) is 0 Å². The van der Waals surface area contributed by atoms with Crippen LogP contribution in [0.5, 0.6) is 5.75 Å². The summed E-state index contributed by atoms with van der Waals surface area (Å²) < 4.78 is 10.6. The maximum absolute atomic E-state index is 13.4. The largest absolute Gasteiger partial charge is 0.497 e. The maximum atomic E-state index is 13.4. The van der Waals surface area contributed by atoms with Gasteiger partial charge >= 0.3 is 5.97 Å². The molecule has 2 fully saturated rings. The van der Waals surface area contributed by atoms with Crippen LogP contribution in [0.1, 0.15) is 16.8 Å². The fourth-order valence-corrected chi connectivity index (χ4v) is 5.49. The van der Waals surface area contributed by atoms with Gasteiger partial charge in [0.1, 0.15) is 5.75 Å². The van der Waals surface area contributed by atoms with Crippen molar-refractivity contribution in [1.82, 2.24) is 0 Å². The summed E-state index contributed by atoms with van der Waals surface area (Å²) in [6.45, 7) is 2.41. The number of fused-ring (bicyclic) bond motifs is 2. The van der Waals surface area contributed by atoms with Crippen LogP contribution >= 0.6 is 0 Å². The number of rotatable bonds is 7. The summed E-state index contributed by atoms with van der Waals surface area (Å²) in [6.07, 6.45) is 4.54. The van der Waals surface area contributed by atoms with Gasteiger partial charge in [0.05, 0.1) is 37.7 Å². The SMILES string of the molecule is COc1ccc(NC(=O)c2cc(NC(=O)[C@H]3[C@@H](C(=O)O)[C@H]4C=C[C@H]3C4)ccc2N2CCOCC2)cc1. The summed E-state index contributed by atoms with van der Waals surface area (Å²) >= 11 is 0. The number of hydrogen-bond acceptors (Lipinski definition) is 6. The van der Waals surface area contributed by atoms with Crippen LogP contribution in [0.3, 0.4) is 0 Å². The number of morpholine rings is 1. The van der Waals surface area contributed by atoms with E-state index in [1.54, 1.807) is 43.5 Å². The van der Waals surface area contributed by atoms with Crippen LogP contribution in [-0.2, 0) is 14.3 Å². The lowest BCUT2D eigenvalue weighted by Crippen LogP contribution is -2.38. The number of methoxy groups -OCH3 is 1. The van der Waals surface area contributed by atoms with Crippen LogP contribution in [0.25, 0.3) is 0 Å². The molecule has 4 atom stereocenters. The molecule has 9 nitrogen and oxygen atoms in total. The molecule has 2 amide bonds. The molecule has 1 aliphatic heterocycles. The third kappa shape index (κ3) is 4.66. The topological polar surface area (TPSA) is 117 Å². The molecule has 2 bridgehead atoms. The minimum absolute atomic E-state index is 0.0819. The zero-order chi connectivity index (χ0) is 25.2. The number of carbonyl (C=O) groups excluding carboxylic acids is 2. The van der Waals surface area contributed by atoms with Gasteiger partial charge in [0.15, 0.2) is 0 Å². The van der Waals surface area contributed by atoms with Crippen LogP contribution in [0, 0.1) is 23.7 Å². The van der Waals surface area contributed by atoms with Crippen molar-refractivity contribution in [2.75, 3.05) is 48.9 Å². The summed E-state index contributed by atoms with van der Waals surface area (Å²) in [6, 6.07) is 12.3. The highest BCUT2D eigenvalue weighted by molar-refractivity contribution is 6.09. The van der Waals surface area contributed by atoms with E-state index in [-0.39, 0.29) is 23.7 Å². The van der Waals surface area contributed by atoms with Gasteiger partial charge in [-0.3, -0.25) is 14.4 Å². The van der Waals surface area contributed by atoms with E-state index in [2.05, 4.69) is 15.5 Å². The van der Waals surface area contributed by atoms with E-state index in [4.69, 9.17) is 9.47 Å². The second-order valence-corrected chi connectivity index (χ2v) is 9.34. The highest BCUT2D eigenvalue weighted by Crippen LogP contribution is 2.48. The van der Waals surface area contributed by atoms with E-state index >= 15 is 0 Å². The lowest BCUT2D eigenvalue weighted by molar-refractivity contribution is -0.146. The third-order valence-electron chi connectivity index (χ3n) is 7.26. The molecule has 188 valence electrons. The molecular formula is C27H29N3O6. The second kappa shape index (κ2) is 10.0. The first-order chi connectivity index (χ1) is 17.4. The zero-order valence-corrected chi connectivity index (χ0v) is 20.0. The standard InChI is InChI=1S/C27H29N3O6/c1-35-20-7-4-18(5-8-20)28-25(31)21-15-19(6-9-22(21)30-10-12-36-13-11-30)29-26(32)23-16-2-3-17(14-16)24(23)27(33)34/h2-9,15-17,23-24H,10-14H2,1H3,(H,28,31)(H,29,32)(H,33,34)/t16-,17-,23+,24-/m0/s1. The minimum Gasteiger partial charge on any atom is -0.497 e. The molecule has 0 spiro atoms. The van der Waals surface area contributed by atoms with Gasteiger partial charge in [-0.1, -0.05) is 12.2 Å². The van der Waals surface area contributed by atoms with Crippen LogP contribution in [0.4, 0.5) is 17.1 Å². The molecule has 1 heterocycles. The number of carboxylic acid groups (broad SMARTS) is 1. The van der Waals surface area contributed by atoms with Crippen molar-refractivity contribution in [2.24, 2.45) is 23.7 Å². The van der Waals surface area contributed by atoms with Crippen LogP contribution < -0.4 is 20.3 Å². The molecule has 2 aliphatic carbocycles. The van der Waals surface area contributed by atoms with Crippen LogP contribution in [-0.4, -0.2) is 56.3 Å². The average molecular weight is 492 g/mol. The summed E-state index contributed by atoms with van der Waals surface area (Å²) in [7, 11) is 1.58. The number of hydrogen-bond donors (Lipinski definition) is 3. The van der Waals surface area contributed by atoms with Crippen molar-refractivity contribution < 1.29 is 29.0 Å². The zero-order valence-electron chi connectivity index (χ0n) is 20.0. The average Bonchev–Trinajstić information content (AvgIpc) is 3.52. The number of carboxylic acids is 1. The Hall–Kier alpha value is -3.85. The Morgan fingerprint density at radius 2 is 1.61 bits per heavy atom. The van der Waals surface area contributed by atoms with Gasteiger partial charge in [-0.15, -0.1) is 0 Å². The number of nitrogens with zero attached hydrogens (tertiary/aromatic N) is 1. The van der Waals surface area contributed by atoms with E-state index in [9.17, 15) is 19.5 Å². The summed E-state index contributed by atoms with van der Waals surface area (Å²) in [5.41, 5.74) is 2.22. The van der Waals surface area contributed by atoms with Gasteiger partial charge < -0.3 is 30.1 Å². The smallest absolute Gasteiger partial charge is 0.307 e. The Morgan fingerprint density at radius 1 is 0.944 bits per heavy atom. The van der Waals surface area contributed by atoms with Gasteiger partial charge in [-0.2, -0.15) is 0 Å². The predicted molar refractivity (Wildman–Crippen MR) is 134 cm³/mol. The van der Waals surface area contributed by atoms with Crippen molar-refractivity contribution in [2.45, 2.75) is 6.42 Å². The first-order valence-electron chi connectivity index (χ1n) is 12.1. The fraction of sp³-hybridized carbons (Fsp3) is 0.370. The molecule has 1 saturated carbocycles. The lowest BCUT2D eigenvalue weighted by Gasteiger charge is -2.30. The molecule has 9 heteroatoms. The van der Waals surface area contributed by atoms with Gasteiger partial charge in [0.25, 0.3) is 5.91 Å². The maximum Gasteiger partial charge on any atom is 0.307 e. The summed E-state index contributed by atoms with van der Waals surface area (Å²) in [4.78, 5) is 40.5. The molecule has 3 N–H and O–H groups in total. The number of carbonyl (C=O) groups is 3. The number of anilines is 3. The third-order valence-corrected chi connectivity index (χ3v) is 7.26. The van der Waals surface area contributed by atoms with Crippen molar-refractivity contribution in [3.63, 3.8) is 0 Å². The minimum atomic E-state index is -0.950. The molecule has 1 saturated heterocycles. The van der Waals surface area contributed by atoms with Crippen molar-refractivity contribution >= 4 is 34.8 Å². The number of ether oxygens (including phenoxy) is 2. The van der Waals surface area contributed by atoms with Gasteiger partial charge in [0.2, 0.25) is 5.91 Å². The molecule has 2 aromatic rings. The number of allylic oxidation sites excluding steroid dienone is 2. The Morgan fingerprint density at radius 3 is 2.28 bits per heavy atom. The van der Waals surface area contributed by atoms with E-state index < -0.39 is 17.8 Å². The predicted octanol–water partition coefficient (Wildman–Crippen LogP) is 3.25. The molecule has 2 aromatic carbocycles. The first-order valence-corrected chi connectivity index (χ1v) is 12.1. The van der Waals surface area contributed by atoms with Gasteiger partial charge in [-0.05, 0) is 60.7 Å². The van der Waals surface area contributed by atoms with E-state index in [1.807, 2.05) is 18.2 Å². The number of aliphatic carboxylic acids is 1. The fourth-order valence-electron chi connectivity index (χ4n) is 5.49. The highest BCUT2D eigenvalue weighted by Gasteiger charge is 2.51. The molecule has 3 aliphatic rings. The monoisotopic (exact) mass is 491 g/mol. The Labute approximate surface area is 209 Å². The van der Waals surface area contributed by atoms with Crippen molar-refractivity contribution in [3.8, 4) is 5.75 Å². The molecule has 0 radical (unpaired) electrons. The summed E-state index contributed by atoms with van der Waals surface area (Å²) in [5, 5.41) is 15.5. The molecular weight excluding hydrogens is 462 g/mol. The Kier molecular flexibility index (Phi) is 6.65. The van der Waals surface area contributed by atoms with Crippen LogP contribution in [0.15, 0.2) is 54.6 Å². The number of amides is 2. The van der Waals surface area contributed by atoms with E-state index in [0.29, 0.717) is 55.4 Å². The molecule has 0 unspecified atom stereocenters. The molecule has 36 heavy (non-hydrogen) atoms. The van der Waals surface area contributed by atoms with Gasteiger partial charge in [0, 0.05) is 30.2 Å². The Balaban J connectivity index is 1.40. The van der Waals surface area contributed by atoms with E-state index in [1.165, 1.54) is 0 Å². The van der Waals surface area contributed by atoms with Crippen LogP contribution in [0.2, 0.25) is 0 Å². The number of benzene rings is 2. The van der Waals surface area contributed by atoms with Crippen molar-refractivity contribution in [1.29, 1.82) is 0 Å². The summed E-state index contributed by atoms with van der Waals surface area (Å²) in [5.74, 6) is -2.47. The molecule has 0 aromatic heterocycles. The normalized spacial score (nSPS) is 24.4. The Bertz CT molecular complexity index is 1190. The van der Waals surface area contributed by atoms with Crippen molar-refractivity contribution in [3.05, 3.63) is 60.2 Å². The lowest BCUT2D eigenvalue weighted by atomic mass is 9.82. The van der Waals surface area contributed by atoms with E-state index in [0.717, 1.165) is 5.69 Å². The quantitative estimate of drug-likeness (QED) is 0.509. The highest BCUT2D eigenvalue weighted by atomic mass is 16.5. The number of nitrogens with one attached hydrogen (secondary N) is 2. The first kappa shape index (κ1) is 23.9. The molecule has 5 rings (SSSR count).